The summed E-state index contributed by atoms with van der Waals surface area (Å²) in [6.45, 7) is 0.467. The third kappa shape index (κ3) is 4.92. The van der Waals surface area contributed by atoms with Gasteiger partial charge >= 0.3 is 6.18 Å². The summed E-state index contributed by atoms with van der Waals surface area (Å²) in [5.74, 6) is 0.891. The van der Waals surface area contributed by atoms with Gasteiger partial charge < -0.3 is 9.84 Å². The molecule has 6 heteroatoms. The molecule has 0 radical (unpaired) electrons. The zero-order valence-corrected chi connectivity index (χ0v) is 11.1. The number of phenols is 1. The first-order chi connectivity index (χ1) is 9.42. The molecule has 0 amide bonds. The largest absolute Gasteiger partial charge is 0.508 e. The Morgan fingerprint density at radius 2 is 1.95 bits per heavy atom. The monoisotopic (exact) mass is 289 g/mol. The van der Waals surface area contributed by atoms with Crippen LogP contribution in [0.2, 0.25) is 0 Å². The van der Waals surface area contributed by atoms with Crippen LogP contribution in [0, 0.1) is 5.92 Å². The average molecular weight is 289 g/mol. The molecule has 1 atom stereocenters. The number of aromatic hydroxyl groups is 1. The van der Waals surface area contributed by atoms with E-state index >= 15 is 0 Å². The molecule has 1 aliphatic rings. The molecular formula is C14H18F3NO2. The van der Waals surface area contributed by atoms with Gasteiger partial charge in [-0.1, -0.05) is 0 Å². The highest BCUT2D eigenvalue weighted by atomic mass is 19.4. The van der Waals surface area contributed by atoms with Gasteiger partial charge in [0.05, 0.1) is 13.2 Å². The van der Waals surface area contributed by atoms with Gasteiger partial charge in [0, 0.05) is 12.5 Å². The number of hydrogen-bond acceptors (Lipinski definition) is 3. The van der Waals surface area contributed by atoms with Gasteiger partial charge in [0.25, 0.3) is 0 Å². The number of alkyl halides is 3. The quantitative estimate of drug-likeness (QED) is 0.924. The Labute approximate surface area is 116 Å². The van der Waals surface area contributed by atoms with Gasteiger partial charge in [-0.25, -0.2) is 0 Å². The Hall–Kier alpha value is -1.43. The van der Waals surface area contributed by atoms with Crippen LogP contribution in [0.3, 0.4) is 0 Å². The predicted octanol–water partition coefficient (Wildman–Crippen LogP) is 3.05. The number of benzene rings is 1. The number of halogens is 3. The van der Waals surface area contributed by atoms with Gasteiger partial charge in [-0.3, -0.25) is 4.90 Å². The molecule has 112 valence electrons. The molecule has 20 heavy (non-hydrogen) atoms. The van der Waals surface area contributed by atoms with Crippen LogP contribution < -0.4 is 4.74 Å². The zero-order valence-electron chi connectivity index (χ0n) is 11.1. The van der Waals surface area contributed by atoms with Crippen molar-refractivity contribution in [3.05, 3.63) is 24.3 Å². The van der Waals surface area contributed by atoms with Gasteiger partial charge in [-0.15, -0.1) is 0 Å². The van der Waals surface area contributed by atoms with Gasteiger partial charge in [0.1, 0.15) is 11.5 Å². The average Bonchev–Trinajstić information content (AvgIpc) is 2.36. The molecule has 0 aromatic heterocycles. The number of rotatable bonds is 4. The van der Waals surface area contributed by atoms with E-state index in [-0.39, 0.29) is 11.7 Å². The van der Waals surface area contributed by atoms with Crippen LogP contribution >= 0.6 is 0 Å². The Morgan fingerprint density at radius 3 is 2.60 bits per heavy atom. The molecule has 1 aromatic carbocycles. The molecule has 1 aromatic rings. The summed E-state index contributed by atoms with van der Waals surface area (Å²) in [5.41, 5.74) is 0. The maximum atomic E-state index is 12.4. The molecule has 1 aliphatic heterocycles. The summed E-state index contributed by atoms with van der Waals surface area (Å²) < 4.78 is 42.6. The topological polar surface area (TPSA) is 32.7 Å². The smallest absolute Gasteiger partial charge is 0.401 e. The summed E-state index contributed by atoms with van der Waals surface area (Å²) in [6, 6.07) is 6.33. The van der Waals surface area contributed by atoms with Crippen molar-refractivity contribution in [2.24, 2.45) is 5.92 Å². The van der Waals surface area contributed by atoms with Crippen LogP contribution in [0.25, 0.3) is 0 Å². The summed E-state index contributed by atoms with van der Waals surface area (Å²) in [4.78, 5) is 1.44. The third-order valence-electron chi connectivity index (χ3n) is 3.33. The number of likely N-dealkylation sites (tertiary alicyclic amines) is 1. The zero-order chi connectivity index (χ0) is 14.6. The number of nitrogens with zero attached hydrogens (tertiary/aromatic N) is 1. The molecule has 3 nitrogen and oxygen atoms in total. The molecule has 0 aliphatic carbocycles. The Bertz CT molecular complexity index is 419. The minimum absolute atomic E-state index is 0.111. The molecule has 2 rings (SSSR count). The fourth-order valence-electron chi connectivity index (χ4n) is 2.44. The first-order valence-corrected chi connectivity index (χ1v) is 6.63. The second-order valence-electron chi connectivity index (χ2n) is 5.16. The normalized spacial score (nSPS) is 20.9. The summed E-state index contributed by atoms with van der Waals surface area (Å²) in [5, 5.41) is 9.15. The van der Waals surface area contributed by atoms with Crippen LogP contribution in [0.4, 0.5) is 13.2 Å². The van der Waals surface area contributed by atoms with Crippen molar-refractivity contribution in [3.8, 4) is 11.5 Å². The van der Waals surface area contributed by atoms with Crippen molar-refractivity contribution in [1.82, 2.24) is 4.90 Å². The van der Waals surface area contributed by atoms with E-state index in [0.29, 0.717) is 25.4 Å². The standard InChI is InChI=1S/C14H18F3NO2/c15-14(16,17)10-18-7-1-2-11(8-18)9-20-13-5-3-12(19)4-6-13/h3-6,11,19H,1-2,7-10H2. The summed E-state index contributed by atoms with van der Waals surface area (Å²) in [7, 11) is 0. The number of ether oxygens (including phenoxy) is 1. The second-order valence-corrected chi connectivity index (χ2v) is 5.16. The van der Waals surface area contributed by atoms with E-state index in [4.69, 9.17) is 9.84 Å². The Balaban J connectivity index is 1.79. The van der Waals surface area contributed by atoms with Gasteiger partial charge in [0.2, 0.25) is 0 Å². The number of piperidine rings is 1. The molecule has 0 bridgehead atoms. The fraction of sp³-hybridized carbons (Fsp3) is 0.571. The van der Waals surface area contributed by atoms with Crippen molar-refractivity contribution in [3.63, 3.8) is 0 Å². The molecule has 1 N–H and O–H groups in total. The lowest BCUT2D eigenvalue weighted by Gasteiger charge is -2.32. The van der Waals surface area contributed by atoms with E-state index in [2.05, 4.69) is 0 Å². The lowest BCUT2D eigenvalue weighted by molar-refractivity contribution is -0.149. The first-order valence-electron chi connectivity index (χ1n) is 6.63. The van der Waals surface area contributed by atoms with Crippen molar-refractivity contribution < 1.29 is 23.0 Å². The maximum absolute atomic E-state index is 12.4. The summed E-state index contributed by atoms with van der Waals surface area (Å²) >= 11 is 0. The van der Waals surface area contributed by atoms with Crippen LogP contribution in [0.1, 0.15) is 12.8 Å². The maximum Gasteiger partial charge on any atom is 0.401 e. The minimum Gasteiger partial charge on any atom is -0.508 e. The van der Waals surface area contributed by atoms with Gasteiger partial charge in [0.15, 0.2) is 0 Å². The van der Waals surface area contributed by atoms with E-state index in [9.17, 15) is 13.2 Å². The lowest BCUT2D eigenvalue weighted by Crippen LogP contribution is -2.42. The second kappa shape index (κ2) is 6.35. The Morgan fingerprint density at radius 1 is 1.25 bits per heavy atom. The van der Waals surface area contributed by atoms with Gasteiger partial charge in [-0.2, -0.15) is 13.2 Å². The van der Waals surface area contributed by atoms with E-state index in [1.165, 1.54) is 17.0 Å². The van der Waals surface area contributed by atoms with Crippen LogP contribution in [-0.2, 0) is 0 Å². The fourth-order valence-corrected chi connectivity index (χ4v) is 2.44. The van der Waals surface area contributed by atoms with E-state index < -0.39 is 12.7 Å². The van der Waals surface area contributed by atoms with E-state index in [1.54, 1.807) is 12.1 Å². The highest BCUT2D eigenvalue weighted by Gasteiger charge is 2.33. The van der Waals surface area contributed by atoms with Crippen LogP contribution in [-0.4, -0.2) is 42.4 Å². The van der Waals surface area contributed by atoms with Crippen LogP contribution in [0.5, 0.6) is 11.5 Å². The predicted molar refractivity (Wildman–Crippen MR) is 68.8 cm³/mol. The SMILES string of the molecule is Oc1ccc(OCC2CCCN(CC(F)(F)F)C2)cc1. The highest BCUT2D eigenvalue weighted by Crippen LogP contribution is 2.23. The molecule has 1 fully saturated rings. The van der Waals surface area contributed by atoms with Crippen molar-refractivity contribution in [1.29, 1.82) is 0 Å². The molecule has 0 saturated carbocycles. The molecular weight excluding hydrogens is 271 g/mol. The van der Waals surface area contributed by atoms with E-state index in [1.807, 2.05) is 0 Å². The number of hydrogen-bond donors (Lipinski definition) is 1. The molecule has 1 unspecified atom stereocenters. The number of phenolic OH excluding ortho intramolecular Hbond substituents is 1. The van der Waals surface area contributed by atoms with Crippen molar-refractivity contribution in [2.75, 3.05) is 26.2 Å². The van der Waals surface area contributed by atoms with Crippen molar-refractivity contribution >= 4 is 0 Å². The molecule has 1 heterocycles. The van der Waals surface area contributed by atoms with Crippen LogP contribution in [0.15, 0.2) is 24.3 Å². The third-order valence-corrected chi connectivity index (χ3v) is 3.33. The molecule has 1 saturated heterocycles. The molecule has 0 spiro atoms. The highest BCUT2D eigenvalue weighted by molar-refractivity contribution is 5.30. The lowest BCUT2D eigenvalue weighted by atomic mass is 9.99. The first kappa shape index (κ1) is 15.0. The van der Waals surface area contributed by atoms with Crippen molar-refractivity contribution in [2.45, 2.75) is 19.0 Å². The van der Waals surface area contributed by atoms with Gasteiger partial charge in [-0.05, 0) is 43.7 Å². The summed E-state index contributed by atoms with van der Waals surface area (Å²) in [6.07, 6.45) is -2.49. The Kier molecular flexibility index (Phi) is 4.75. The minimum atomic E-state index is -4.14. The van der Waals surface area contributed by atoms with E-state index in [0.717, 1.165) is 12.8 Å².